The van der Waals surface area contributed by atoms with Crippen molar-refractivity contribution in [2.75, 3.05) is 13.6 Å². The Morgan fingerprint density at radius 3 is 2.42 bits per heavy atom. The third kappa shape index (κ3) is 5.13. The Morgan fingerprint density at radius 2 is 2.00 bits per heavy atom. The van der Waals surface area contributed by atoms with Crippen LogP contribution in [0.4, 0.5) is 0 Å². The highest BCUT2D eigenvalue weighted by molar-refractivity contribution is 7.14. The van der Waals surface area contributed by atoms with E-state index in [-0.39, 0.29) is 24.4 Å². The van der Waals surface area contributed by atoms with Crippen molar-refractivity contribution in [3.05, 3.63) is 21.4 Å². The molecular formula is C14H25ClN2OS. The van der Waals surface area contributed by atoms with Crippen molar-refractivity contribution in [2.24, 2.45) is 11.7 Å². The Hall–Kier alpha value is -0.580. The Balaban J connectivity index is 0.00000324. The molecule has 0 aromatic carbocycles. The van der Waals surface area contributed by atoms with Crippen LogP contribution in [0.25, 0.3) is 0 Å². The summed E-state index contributed by atoms with van der Waals surface area (Å²) in [6, 6.07) is 2.13. The van der Waals surface area contributed by atoms with Gasteiger partial charge in [0.05, 0.1) is 4.88 Å². The van der Waals surface area contributed by atoms with Gasteiger partial charge < -0.3 is 10.6 Å². The first-order chi connectivity index (χ1) is 8.32. The maximum atomic E-state index is 12.2. The zero-order valence-corrected chi connectivity index (χ0v) is 14.0. The highest BCUT2D eigenvalue weighted by Gasteiger charge is 2.16. The van der Waals surface area contributed by atoms with Gasteiger partial charge in [-0.3, -0.25) is 4.79 Å². The lowest BCUT2D eigenvalue weighted by Gasteiger charge is -2.21. The molecule has 1 rings (SSSR count). The summed E-state index contributed by atoms with van der Waals surface area (Å²) >= 11 is 1.57. The van der Waals surface area contributed by atoms with E-state index >= 15 is 0 Å². The van der Waals surface area contributed by atoms with Crippen molar-refractivity contribution in [2.45, 2.75) is 40.2 Å². The molecule has 3 nitrogen and oxygen atoms in total. The van der Waals surface area contributed by atoms with Crippen LogP contribution in [0.5, 0.6) is 0 Å². The number of hydrogen-bond donors (Lipinski definition) is 1. The van der Waals surface area contributed by atoms with Crippen LogP contribution >= 0.6 is 23.7 Å². The van der Waals surface area contributed by atoms with E-state index < -0.39 is 0 Å². The molecule has 110 valence electrons. The van der Waals surface area contributed by atoms with Crippen LogP contribution in [0, 0.1) is 19.8 Å². The number of nitrogens with two attached hydrogens (primary N) is 1. The van der Waals surface area contributed by atoms with Crippen LogP contribution in [-0.2, 0) is 0 Å². The van der Waals surface area contributed by atoms with E-state index in [1.54, 1.807) is 16.2 Å². The summed E-state index contributed by atoms with van der Waals surface area (Å²) in [4.78, 5) is 16.0. The number of carbonyl (C=O) groups is 1. The molecule has 1 amide bonds. The molecule has 5 heteroatoms. The molecule has 19 heavy (non-hydrogen) atoms. The zero-order valence-electron chi connectivity index (χ0n) is 12.4. The predicted molar refractivity (Wildman–Crippen MR) is 85.4 cm³/mol. The molecule has 0 saturated heterocycles. The predicted octanol–water partition coefficient (Wildman–Crippen LogP) is 3.23. The number of nitrogens with zero attached hydrogens (tertiary/aromatic N) is 1. The van der Waals surface area contributed by atoms with Crippen molar-refractivity contribution in [1.82, 2.24) is 4.90 Å². The smallest absolute Gasteiger partial charge is 0.263 e. The average molecular weight is 305 g/mol. The highest BCUT2D eigenvalue weighted by Crippen LogP contribution is 2.21. The topological polar surface area (TPSA) is 46.3 Å². The van der Waals surface area contributed by atoms with Gasteiger partial charge in [0.2, 0.25) is 0 Å². The fourth-order valence-electron chi connectivity index (χ4n) is 1.64. The van der Waals surface area contributed by atoms with Crippen LogP contribution in [-0.4, -0.2) is 30.4 Å². The molecule has 1 aromatic heterocycles. The Morgan fingerprint density at radius 1 is 1.42 bits per heavy atom. The number of amides is 1. The summed E-state index contributed by atoms with van der Waals surface area (Å²) < 4.78 is 0. The lowest BCUT2D eigenvalue weighted by Crippen LogP contribution is -2.34. The van der Waals surface area contributed by atoms with E-state index in [2.05, 4.69) is 13.8 Å². The van der Waals surface area contributed by atoms with Gasteiger partial charge in [-0.15, -0.1) is 23.7 Å². The summed E-state index contributed by atoms with van der Waals surface area (Å²) in [7, 11) is 1.85. The Bertz CT molecular complexity index is 398. The minimum atomic E-state index is 0. The van der Waals surface area contributed by atoms with E-state index in [0.29, 0.717) is 12.5 Å². The third-order valence-electron chi connectivity index (χ3n) is 3.38. The molecule has 1 atom stereocenters. The minimum absolute atomic E-state index is 0. The van der Waals surface area contributed by atoms with Crippen LogP contribution in [0.3, 0.4) is 0 Å². The van der Waals surface area contributed by atoms with E-state index in [4.69, 9.17) is 5.73 Å². The van der Waals surface area contributed by atoms with Crippen molar-refractivity contribution >= 4 is 29.7 Å². The van der Waals surface area contributed by atoms with Crippen molar-refractivity contribution in [1.29, 1.82) is 0 Å². The number of thiophene rings is 1. The second-order valence-electron chi connectivity index (χ2n) is 5.27. The summed E-state index contributed by atoms with van der Waals surface area (Å²) in [5.74, 6) is 0.562. The van der Waals surface area contributed by atoms with Gasteiger partial charge >= 0.3 is 0 Å². The normalized spacial score (nSPS) is 12.2. The summed E-state index contributed by atoms with van der Waals surface area (Å²) in [6.07, 6.45) is 0.850. The minimum Gasteiger partial charge on any atom is -0.341 e. The number of carbonyl (C=O) groups excluding carboxylic acids is 1. The fourth-order valence-corrected chi connectivity index (χ4v) is 2.67. The SMILES string of the molecule is Cc1cc(C(=O)N(C)CCC(N)C(C)C)sc1C.Cl. The Kier molecular flexibility index (Phi) is 7.64. The Labute approximate surface area is 126 Å². The quantitative estimate of drug-likeness (QED) is 0.908. The lowest BCUT2D eigenvalue weighted by molar-refractivity contribution is 0.0794. The molecule has 0 saturated carbocycles. The first kappa shape index (κ1) is 18.4. The number of aryl methyl sites for hydroxylation is 2. The molecule has 0 spiro atoms. The van der Waals surface area contributed by atoms with E-state index in [1.807, 2.05) is 27.0 Å². The van der Waals surface area contributed by atoms with Gasteiger partial charge in [0.1, 0.15) is 0 Å². The number of hydrogen-bond acceptors (Lipinski definition) is 3. The third-order valence-corrected chi connectivity index (χ3v) is 4.52. The molecule has 0 aliphatic heterocycles. The fraction of sp³-hybridized carbons (Fsp3) is 0.643. The molecule has 1 heterocycles. The van der Waals surface area contributed by atoms with E-state index in [0.717, 1.165) is 11.3 Å². The highest BCUT2D eigenvalue weighted by atomic mass is 35.5. The van der Waals surface area contributed by atoms with Gasteiger partial charge in [-0.25, -0.2) is 0 Å². The molecular weight excluding hydrogens is 280 g/mol. The largest absolute Gasteiger partial charge is 0.341 e. The van der Waals surface area contributed by atoms with Crippen LogP contribution in [0.1, 0.15) is 40.4 Å². The number of halogens is 1. The van der Waals surface area contributed by atoms with Crippen LogP contribution < -0.4 is 5.73 Å². The van der Waals surface area contributed by atoms with Gasteiger partial charge in [-0.2, -0.15) is 0 Å². The van der Waals surface area contributed by atoms with Crippen molar-refractivity contribution in [3.63, 3.8) is 0 Å². The molecule has 0 radical (unpaired) electrons. The molecule has 1 unspecified atom stereocenters. The first-order valence-corrected chi connectivity index (χ1v) is 7.22. The standard InChI is InChI=1S/C14H24N2OS.ClH/c1-9(2)12(15)6-7-16(5)14(17)13-8-10(3)11(4)18-13;/h8-9,12H,6-7,15H2,1-5H3;1H. The second-order valence-corrected chi connectivity index (χ2v) is 6.53. The first-order valence-electron chi connectivity index (χ1n) is 6.41. The molecule has 0 aliphatic rings. The van der Waals surface area contributed by atoms with Gasteiger partial charge in [0, 0.05) is 24.5 Å². The van der Waals surface area contributed by atoms with E-state index in [9.17, 15) is 4.79 Å². The molecule has 1 aromatic rings. The number of rotatable bonds is 5. The molecule has 0 fully saturated rings. The monoisotopic (exact) mass is 304 g/mol. The van der Waals surface area contributed by atoms with E-state index in [1.165, 1.54) is 10.4 Å². The lowest BCUT2D eigenvalue weighted by atomic mass is 10.0. The zero-order chi connectivity index (χ0) is 13.9. The van der Waals surface area contributed by atoms with Crippen LogP contribution in [0.2, 0.25) is 0 Å². The van der Waals surface area contributed by atoms with Gasteiger partial charge in [0.25, 0.3) is 5.91 Å². The van der Waals surface area contributed by atoms with Crippen LogP contribution in [0.15, 0.2) is 6.07 Å². The maximum absolute atomic E-state index is 12.2. The molecule has 0 aliphatic carbocycles. The molecule has 0 bridgehead atoms. The summed E-state index contributed by atoms with van der Waals surface area (Å²) in [5, 5.41) is 0. The average Bonchev–Trinajstić information content (AvgIpc) is 2.64. The summed E-state index contributed by atoms with van der Waals surface area (Å²) in [6.45, 7) is 9.02. The van der Waals surface area contributed by atoms with Crippen molar-refractivity contribution in [3.8, 4) is 0 Å². The van der Waals surface area contributed by atoms with Gasteiger partial charge in [-0.1, -0.05) is 13.8 Å². The van der Waals surface area contributed by atoms with Gasteiger partial charge in [-0.05, 0) is 37.8 Å². The van der Waals surface area contributed by atoms with Gasteiger partial charge in [0.15, 0.2) is 0 Å². The second kappa shape index (κ2) is 7.88. The van der Waals surface area contributed by atoms with Crippen molar-refractivity contribution < 1.29 is 4.79 Å². The molecule has 2 N–H and O–H groups in total. The summed E-state index contributed by atoms with van der Waals surface area (Å²) in [5.41, 5.74) is 7.19. The maximum Gasteiger partial charge on any atom is 0.263 e.